The molecule has 102 valence electrons. The van der Waals surface area contributed by atoms with Gasteiger partial charge in [0.2, 0.25) is 0 Å². The second-order valence-corrected chi connectivity index (χ2v) is 3.56. The zero-order valence-corrected chi connectivity index (χ0v) is 15.6. The summed E-state index contributed by atoms with van der Waals surface area (Å²) >= 11 is 5.72. The number of anilines is 1. The first-order chi connectivity index (χ1) is 7.54. The van der Waals surface area contributed by atoms with Crippen LogP contribution in [0.4, 0.5) is 5.82 Å². The molecular formula is C13H22ClN3Zn-4. The van der Waals surface area contributed by atoms with E-state index in [0.717, 1.165) is 6.42 Å². The van der Waals surface area contributed by atoms with Crippen molar-refractivity contribution in [3.05, 3.63) is 44.7 Å². The van der Waals surface area contributed by atoms with E-state index in [9.17, 15) is 0 Å². The summed E-state index contributed by atoms with van der Waals surface area (Å²) in [7, 11) is 0. The van der Waals surface area contributed by atoms with Crippen molar-refractivity contribution in [2.45, 2.75) is 33.2 Å². The predicted molar refractivity (Wildman–Crippen MR) is 76.8 cm³/mol. The van der Waals surface area contributed by atoms with E-state index in [-0.39, 0.29) is 32.2 Å². The Hall–Kier alpha value is -0.467. The van der Waals surface area contributed by atoms with Gasteiger partial charge in [-0.15, -0.1) is 0 Å². The number of halogens is 1. The monoisotopic (exact) mass is 319 g/mol. The third kappa shape index (κ3) is 7.08. The van der Waals surface area contributed by atoms with Crippen molar-refractivity contribution in [2.24, 2.45) is 0 Å². The zero-order chi connectivity index (χ0) is 12.7. The predicted octanol–water partition coefficient (Wildman–Crippen LogP) is 3.99. The Morgan fingerprint density at radius 2 is 1.78 bits per heavy atom. The van der Waals surface area contributed by atoms with Crippen LogP contribution in [0, 0.1) is 28.2 Å². The van der Waals surface area contributed by atoms with E-state index in [1.165, 1.54) is 0 Å². The van der Waals surface area contributed by atoms with E-state index < -0.39 is 0 Å². The van der Waals surface area contributed by atoms with Crippen molar-refractivity contribution in [1.29, 1.82) is 0 Å². The molecule has 1 N–H and O–H groups in total. The van der Waals surface area contributed by atoms with Gasteiger partial charge >= 0.3 is 0 Å². The maximum Gasteiger partial charge on any atom is 0.195 e. The Morgan fingerprint density at radius 1 is 1.28 bits per heavy atom. The van der Waals surface area contributed by atoms with E-state index >= 15 is 0 Å². The Balaban J connectivity index is -0.000000534. The molecule has 5 heteroatoms. The van der Waals surface area contributed by atoms with Crippen LogP contribution in [0.15, 0.2) is 0 Å². The Morgan fingerprint density at radius 3 is 2.22 bits per heavy atom. The molecule has 1 atom stereocenters. The number of aromatic nitrogens is 2. The van der Waals surface area contributed by atoms with Crippen molar-refractivity contribution in [2.75, 3.05) is 5.32 Å². The molecule has 0 aliphatic carbocycles. The summed E-state index contributed by atoms with van der Waals surface area (Å²) in [6, 6.07) is 0.334. The maximum atomic E-state index is 5.72. The van der Waals surface area contributed by atoms with Gasteiger partial charge in [-0.25, -0.2) is 5.69 Å². The summed E-state index contributed by atoms with van der Waals surface area (Å²) in [5.74, 6) is 0.671. The minimum absolute atomic E-state index is 0. The smallest absolute Gasteiger partial charge is 0.195 e. The van der Waals surface area contributed by atoms with Crippen molar-refractivity contribution in [3.63, 3.8) is 0 Å². The molecule has 0 aromatic carbocycles. The molecule has 0 fully saturated rings. The molecule has 0 radical (unpaired) electrons. The van der Waals surface area contributed by atoms with Gasteiger partial charge in [-0.3, -0.25) is 24.4 Å². The summed E-state index contributed by atoms with van der Waals surface area (Å²) in [4.78, 5) is 7.97. The van der Waals surface area contributed by atoms with Crippen LogP contribution < -0.4 is 5.32 Å². The summed E-state index contributed by atoms with van der Waals surface area (Å²) < 4.78 is 0. The van der Waals surface area contributed by atoms with Crippen LogP contribution in [0.25, 0.3) is 0 Å². The molecule has 0 spiro atoms. The van der Waals surface area contributed by atoms with Crippen LogP contribution in [0.1, 0.15) is 38.4 Å². The van der Waals surface area contributed by atoms with Crippen LogP contribution in [0.2, 0.25) is 5.28 Å². The first-order valence-corrected chi connectivity index (χ1v) is 5.61. The molecule has 0 aliphatic rings. The molecule has 3 nitrogen and oxygen atoms in total. The fraction of sp³-hybridized carbons (Fsp3) is 0.385. The molecule has 0 aliphatic heterocycles. The van der Waals surface area contributed by atoms with E-state index in [1.807, 2.05) is 0 Å². The number of nitrogens with one attached hydrogen (secondary N) is 1. The maximum absolute atomic E-state index is 5.72. The first kappa shape index (κ1) is 22.7. The van der Waals surface area contributed by atoms with Gasteiger partial charge in [-0.1, -0.05) is 12.7 Å². The van der Waals surface area contributed by atoms with Crippen LogP contribution in [-0.4, -0.2) is 16.0 Å². The minimum atomic E-state index is 0. The van der Waals surface area contributed by atoms with Gasteiger partial charge in [0.1, 0.15) is 0 Å². The van der Waals surface area contributed by atoms with Crippen LogP contribution in [0.5, 0.6) is 0 Å². The van der Waals surface area contributed by atoms with E-state index in [4.69, 9.17) is 11.6 Å². The number of hydrogen-bond acceptors (Lipinski definition) is 3. The number of hydrogen-bond donors (Lipinski definition) is 1. The molecule has 0 unspecified atom stereocenters. The second-order valence-electron chi connectivity index (χ2n) is 3.22. The fourth-order valence-corrected chi connectivity index (χ4v) is 1.14. The van der Waals surface area contributed by atoms with Crippen LogP contribution in [-0.2, 0) is 19.5 Å². The molecule has 0 saturated carbocycles. The van der Waals surface area contributed by atoms with E-state index in [2.05, 4.69) is 49.9 Å². The Labute approximate surface area is 130 Å². The third-order valence-corrected chi connectivity index (χ3v) is 2.23. The quantitative estimate of drug-likeness (QED) is 0.520. The van der Waals surface area contributed by atoms with Gasteiger partial charge < -0.3 is 24.7 Å². The standard InChI is InChI=1S/C10H14ClN3.C2H5.CH3.Zn/c1-5-6(2)12-9-7(3)8(4)13-10(11)14-9;1-2;;/h6H,3-5H2,1-2H3,(H,12,13,14);1H2,2H3;1H3;/q-2;2*-1;/t6-;;;/m0.../s1. The molecule has 18 heavy (non-hydrogen) atoms. The molecule has 0 amide bonds. The third-order valence-electron chi connectivity index (χ3n) is 2.06. The van der Waals surface area contributed by atoms with Gasteiger partial charge in [-0.05, 0) is 24.9 Å². The largest absolute Gasteiger partial charge is 0.433 e. The minimum Gasteiger partial charge on any atom is -0.433 e. The summed E-state index contributed by atoms with van der Waals surface area (Å²) in [6.07, 6.45) is 1.01. The normalized spacial score (nSPS) is 10.1. The average molecular weight is 321 g/mol. The summed E-state index contributed by atoms with van der Waals surface area (Å²) in [5.41, 5.74) is 1.27. The van der Waals surface area contributed by atoms with Gasteiger partial charge in [0.25, 0.3) is 0 Å². The van der Waals surface area contributed by atoms with Crippen molar-refractivity contribution >= 4 is 17.4 Å². The van der Waals surface area contributed by atoms with Crippen LogP contribution >= 0.6 is 11.6 Å². The van der Waals surface area contributed by atoms with Crippen molar-refractivity contribution in [1.82, 2.24) is 9.97 Å². The number of rotatable bonds is 3. The van der Waals surface area contributed by atoms with Crippen LogP contribution in [0.3, 0.4) is 0 Å². The summed E-state index contributed by atoms with van der Waals surface area (Å²) in [5, 5.41) is 3.41. The Bertz CT molecular complexity index is 332. The summed E-state index contributed by atoms with van der Waals surface area (Å²) in [6.45, 7) is 16.7. The molecule has 1 aromatic rings. The van der Waals surface area contributed by atoms with Crippen molar-refractivity contribution in [3.8, 4) is 0 Å². The average Bonchev–Trinajstić information content (AvgIpc) is 2.27. The molecule has 0 bridgehead atoms. The van der Waals surface area contributed by atoms with Gasteiger partial charge in [0, 0.05) is 25.5 Å². The molecular weight excluding hydrogens is 299 g/mol. The Kier molecular flexibility index (Phi) is 14.6. The SMILES string of the molecule is [CH2-]C.[CH2-]c1nc(Cl)nc(N[C@@H](C)CC)c1[CH2-].[CH3-].[Zn]. The van der Waals surface area contributed by atoms with Gasteiger partial charge in [-0.2, -0.15) is 6.92 Å². The molecule has 0 saturated heterocycles. The zero-order valence-electron chi connectivity index (χ0n) is 11.9. The second kappa shape index (κ2) is 11.6. The first-order valence-electron chi connectivity index (χ1n) is 5.23. The van der Waals surface area contributed by atoms with Crippen molar-refractivity contribution < 1.29 is 19.5 Å². The van der Waals surface area contributed by atoms with Gasteiger partial charge in [0.05, 0.1) is 0 Å². The number of nitrogens with zero attached hydrogens (tertiary/aromatic N) is 2. The molecule has 1 heterocycles. The van der Waals surface area contributed by atoms with Gasteiger partial charge in [0.15, 0.2) is 5.28 Å². The van der Waals surface area contributed by atoms with E-state index in [0.29, 0.717) is 23.1 Å². The molecule has 1 aromatic heterocycles. The topological polar surface area (TPSA) is 37.8 Å². The molecule has 1 rings (SSSR count). The van der Waals surface area contributed by atoms with E-state index in [1.54, 1.807) is 6.92 Å². The fourth-order valence-electron chi connectivity index (χ4n) is 0.955.